The lowest BCUT2D eigenvalue weighted by Crippen LogP contribution is -2.57. The minimum absolute atomic E-state index is 0.383. The van der Waals surface area contributed by atoms with Crippen molar-refractivity contribution < 1.29 is 14.7 Å². The van der Waals surface area contributed by atoms with E-state index < -0.39 is 17.4 Å². The minimum Gasteiger partial charge on any atom is -0.480 e. The Morgan fingerprint density at radius 1 is 1.52 bits per heavy atom. The molecule has 116 valence electrons. The van der Waals surface area contributed by atoms with E-state index in [1.807, 2.05) is 20.8 Å². The highest BCUT2D eigenvalue weighted by molar-refractivity contribution is 5.92. The third-order valence-corrected chi connectivity index (χ3v) is 3.98. The Morgan fingerprint density at radius 2 is 2.24 bits per heavy atom. The number of hydrogen-bond donors (Lipinski definition) is 2. The molecule has 2 amide bonds. The van der Waals surface area contributed by atoms with Crippen LogP contribution in [0.15, 0.2) is 12.4 Å². The number of likely N-dealkylation sites (tertiary alicyclic amines) is 1. The van der Waals surface area contributed by atoms with Crippen LogP contribution in [0.3, 0.4) is 0 Å². The molecule has 1 saturated heterocycles. The van der Waals surface area contributed by atoms with E-state index in [2.05, 4.69) is 10.4 Å². The predicted octanol–water partition coefficient (Wildman–Crippen LogP) is 2.01. The first-order chi connectivity index (χ1) is 9.85. The van der Waals surface area contributed by atoms with E-state index in [1.165, 1.54) is 4.90 Å². The van der Waals surface area contributed by atoms with Crippen LogP contribution in [-0.2, 0) is 11.3 Å². The van der Waals surface area contributed by atoms with Crippen LogP contribution in [0.1, 0.15) is 33.6 Å². The Balaban J connectivity index is 2.14. The summed E-state index contributed by atoms with van der Waals surface area (Å²) in [6.45, 7) is 6.89. The first kappa shape index (κ1) is 15.3. The minimum atomic E-state index is -0.959. The Morgan fingerprint density at radius 3 is 2.81 bits per heavy atom. The van der Waals surface area contributed by atoms with Crippen molar-refractivity contribution in [2.75, 3.05) is 11.9 Å². The van der Waals surface area contributed by atoms with E-state index >= 15 is 0 Å². The van der Waals surface area contributed by atoms with Crippen LogP contribution in [0.5, 0.6) is 0 Å². The number of carboxylic acid groups (broad SMARTS) is 1. The van der Waals surface area contributed by atoms with Gasteiger partial charge in [0.25, 0.3) is 0 Å². The van der Waals surface area contributed by atoms with Crippen molar-refractivity contribution in [3.8, 4) is 0 Å². The van der Waals surface area contributed by atoms with Crippen molar-refractivity contribution in [1.82, 2.24) is 14.7 Å². The highest BCUT2D eigenvalue weighted by Crippen LogP contribution is 2.35. The molecule has 0 bridgehead atoms. The summed E-state index contributed by atoms with van der Waals surface area (Å²) in [6.07, 6.45) is 4.88. The molecule has 1 fully saturated rings. The van der Waals surface area contributed by atoms with Crippen LogP contribution in [0, 0.1) is 5.41 Å². The zero-order valence-electron chi connectivity index (χ0n) is 12.7. The normalized spacial score (nSPS) is 21.1. The molecule has 7 heteroatoms. The van der Waals surface area contributed by atoms with Crippen molar-refractivity contribution in [2.24, 2.45) is 5.41 Å². The average molecular weight is 294 g/mol. The third kappa shape index (κ3) is 3.17. The summed E-state index contributed by atoms with van der Waals surface area (Å²) in [5.41, 5.74) is 0.143. The van der Waals surface area contributed by atoms with E-state index in [4.69, 9.17) is 0 Å². The fourth-order valence-corrected chi connectivity index (χ4v) is 2.88. The topological polar surface area (TPSA) is 87.5 Å². The van der Waals surface area contributed by atoms with Crippen LogP contribution < -0.4 is 5.32 Å². The lowest BCUT2D eigenvalue weighted by atomic mass is 9.76. The van der Waals surface area contributed by atoms with Gasteiger partial charge in [0.2, 0.25) is 0 Å². The number of amides is 2. The van der Waals surface area contributed by atoms with Gasteiger partial charge in [-0.2, -0.15) is 5.10 Å². The molecule has 1 aliphatic rings. The number of anilines is 1. The summed E-state index contributed by atoms with van der Waals surface area (Å²) < 4.78 is 1.70. The van der Waals surface area contributed by atoms with Crippen molar-refractivity contribution in [2.45, 2.75) is 46.2 Å². The quantitative estimate of drug-likeness (QED) is 0.892. The molecule has 1 aromatic rings. The summed E-state index contributed by atoms with van der Waals surface area (Å²) >= 11 is 0. The van der Waals surface area contributed by atoms with E-state index in [0.717, 1.165) is 12.8 Å². The van der Waals surface area contributed by atoms with Crippen LogP contribution >= 0.6 is 0 Å². The highest BCUT2D eigenvalue weighted by atomic mass is 16.4. The molecule has 0 saturated carbocycles. The second-order valence-electron chi connectivity index (χ2n) is 6.04. The first-order valence-electron chi connectivity index (χ1n) is 7.18. The zero-order chi connectivity index (χ0) is 15.6. The Kier molecular flexibility index (Phi) is 4.20. The first-order valence-corrected chi connectivity index (χ1v) is 7.18. The molecule has 1 aromatic heterocycles. The smallest absolute Gasteiger partial charge is 0.327 e. The summed E-state index contributed by atoms with van der Waals surface area (Å²) in [4.78, 5) is 25.3. The van der Waals surface area contributed by atoms with Crippen LogP contribution in [-0.4, -0.2) is 44.4 Å². The lowest BCUT2D eigenvalue weighted by molar-refractivity contribution is -0.148. The molecule has 2 rings (SSSR count). The molecule has 1 atom stereocenters. The summed E-state index contributed by atoms with van der Waals surface area (Å²) in [5, 5.41) is 16.3. The largest absolute Gasteiger partial charge is 0.480 e. The summed E-state index contributed by atoms with van der Waals surface area (Å²) in [7, 11) is 0. The van der Waals surface area contributed by atoms with Crippen LogP contribution in [0.2, 0.25) is 0 Å². The maximum atomic E-state index is 12.4. The molecule has 0 spiro atoms. The van der Waals surface area contributed by atoms with Gasteiger partial charge in [0.15, 0.2) is 0 Å². The van der Waals surface area contributed by atoms with Gasteiger partial charge >= 0.3 is 12.0 Å². The van der Waals surface area contributed by atoms with Gasteiger partial charge in [0, 0.05) is 19.3 Å². The molecule has 0 radical (unpaired) electrons. The number of nitrogens with one attached hydrogen (secondary N) is 1. The molecule has 1 unspecified atom stereocenters. The van der Waals surface area contributed by atoms with E-state index in [-0.39, 0.29) is 6.03 Å². The van der Waals surface area contributed by atoms with Gasteiger partial charge in [-0.15, -0.1) is 0 Å². The number of carboxylic acids is 1. The van der Waals surface area contributed by atoms with Crippen molar-refractivity contribution in [3.63, 3.8) is 0 Å². The van der Waals surface area contributed by atoms with Gasteiger partial charge in [-0.1, -0.05) is 13.8 Å². The average Bonchev–Trinajstić information content (AvgIpc) is 2.84. The van der Waals surface area contributed by atoms with E-state index in [1.54, 1.807) is 17.1 Å². The number of piperidine rings is 1. The number of aliphatic carboxylic acids is 1. The lowest BCUT2D eigenvalue weighted by Gasteiger charge is -2.43. The monoisotopic (exact) mass is 294 g/mol. The number of nitrogens with zero attached hydrogens (tertiary/aromatic N) is 3. The van der Waals surface area contributed by atoms with Gasteiger partial charge in [0.05, 0.1) is 11.9 Å². The Hall–Kier alpha value is -2.05. The number of carbonyl (C=O) groups is 2. The van der Waals surface area contributed by atoms with E-state index in [9.17, 15) is 14.7 Å². The molecular formula is C14H22N4O3. The molecular weight excluding hydrogens is 272 g/mol. The zero-order valence-corrected chi connectivity index (χ0v) is 12.7. The fourth-order valence-electron chi connectivity index (χ4n) is 2.88. The SMILES string of the molecule is CCn1cc(NC(=O)N2CCCC(C)(C)C2C(=O)O)cn1. The Labute approximate surface area is 123 Å². The molecule has 1 aliphatic heterocycles. The van der Waals surface area contributed by atoms with Crippen molar-refractivity contribution in [1.29, 1.82) is 0 Å². The second kappa shape index (κ2) is 5.75. The third-order valence-electron chi connectivity index (χ3n) is 3.98. The predicted molar refractivity (Wildman–Crippen MR) is 78.1 cm³/mol. The Bertz CT molecular complexity index is 538. The van der Waals surface area contributed by atoms with Crippen LogP contribution in [0.25, 0.3) is 0 Å². The molecule has 2 heterocycles. The van der Waals surface area contributed by atoms with Crippen LogP contribution in [0.4, 0.5) is 10.5 Å². The molecule has 2 N–H and O–H groups in total. The summed E-state index contributed by atoms with van der Waals surface area (Å²) in [5.74, 6) is -0.959. The van der Waals surface area contributed by atoms with E-state index in [0.29, 0.717) is 18.8 Å². The second-order valence-corrected chi connectivity index (χ2v) is 6.04. The van der Waals surface area contributed by atoms with Gasteiger partial charge in [-0.3, -0.25) is 4.68 Å². The van der Waals surface area contributed by atoms with Crippen molar-refractivity contribution >= 4 is 17.7 Å². The standard InChI is InChI=1S/C14H22N4O3/c1-4-17-9-10(8-15-17)16-13(21)18-7-5-6-14(2,3)11(18)12(19)20/h8-9,11H,4-7H2,1-3H3,(H,16,21)(H,19,20). The summed E-state index contributed by atoms with van der Waals surface area (Å²) in [6, 6.07) is -1.20. The number of carbonyl (C=O) groups excluding carboxylic acids is 1. The fraction of sp³-hybridized carbons (Fsp3) is 0.643. The number of rotatable bonds is 3. The molecule has 7 nitrogen and oxygen atoms in total. The molecule has 0 aromatic carbocycles. The number of aromatic nitrogens is 2. The number of hydrogen-bond acceptors (Lipinski definition) is 3. The molecule has 21 heavy (non-hydrogen) atoms. The van der Waals surface area contributed by atoms with Gasteiger partial charge in [0.1, 0.15) is 6.04 Å². The maximum Gasteiger partial charge on any atom is 0.327 e. The van der Waals surface area contributed by atoms with Gasteiger partial charge < -0.3 is 15.3 Å². The van der Waals surface area contributed by atoms with Gasteiger partial charge in [-0.25, -0.2) is 9.59 Å². The number of aryl methyl sites for hydroxylation is 1. The molecule has 0 aliphatic carbocycles. The van der Waals surface area contributed by atoms with Crippen molar-refractivity contribution in [3.05, 3.63) is 12.4 Å². The maximum absolute atomic E-state index is 12.4. The highest BCUT2D eigenvalue weighted by Gasteiger charge is 2.44. The number of urea groups is 1. The van der Waals surface area contributed by atoms with Gasteiger partial charge in [-0.05, 0) is 25.2 Å².